The third-order valence-electron chi connectivity index (χ3n) is 5.69. The van der Waals surface area contributed by atoms with Gasteiger partial charge in [-0.05, 0) is 18.9 Å². The molecule has 0 radical (unpaired) electrons. The van der Waals surface area contributed by atoms with E-state index in [9.17, 15) is 9.59 Å². The van der Waals surface area contributed by atoms with Crippen molar-refractivity contribution in [2.45, 2.75) is 24.8 Å². The highest BCUT2D eigenvalue weighted by Gasteiger charge is 2.48. The number of hydrogen-bond acceptors (Lipinski definition) is 5. The standard InChI is InChI=1S/C20H18N4O3/c25-17(15-6-11-27-12-15)23-9-7-20(13-23)8-10-24-18(26)16(21-22-19(20)24)14-4-2-1-3-5-14/h1-6,11-12H,7-10,13H2/t20-/m1/s1. The number of benzene rings is 1. The van der Waals surface area contributed by atoms with Crippen LogP contribution in [0.1, 0.15) is 29.0 Å². The molecule has 1 fully saturated rings. The van der Waals surface area contributed by atoms with Crippen molar-refractivity contribution in [2.75, 3.05) is 13.1 Å². The van der Waals surface area contributed by atoms with Gasteiger partial charge in [0.2, 0.25) is 0 Å². The molecule has 7 nitrogen and oxygen atoms in total. The molecule has 1 amide bonds. The summed E-state index contributed by atoms with van der Waals surface area (Å²) in [4.78, 5) is 27.4. The summed E-state index contributed by atoms with van der Waals surface area (Å²) >= 11 is 0. The van der Waals surface area contributed by atoms with E-state index >= 15 is 0 Å². The molecule has 1 saturated heterocycles. The van der Waals surface area contributed by atoms with E-state index < -0.39 is 0 Å². The Morgan fingerprint density at radius 2 is 1.89 bits per heavy atom. The molecule has 136 valence electrons. The van der Waals surface area contributed by atoms with Crippen molar-refractivity contribution in [1.29, 1.82) is 0 Å². The van der Waals surface area contributed by atoms with E-state index in [0.717, 1.165) is 18.4 Å². The zero-order valence-corrected chi connectivity index (χ0v) is 14.7. The van der Waals surface area contributed by atoms with Gasteiger partial charge in [-0.15, -0.1) is 10.2 Å². The summed E-state index contributed by atoms with van der Waals surface area (Å²) in [5.41, 5.74) is 1.30. The molecule has 0 saturated carbocycles. The molecule has 0 bridgehead atoms. The number of hydrogen-bond donors (Lipinski definition) is 0. The third kappa shape index (κ3) is 2.42. The molecule has 1 atom stereocenters. The number of carbonyl (C=O) groups is 1. The molecule has 3 aromatic rings. The summed E-state index contributed by atoms with van der Waals surface area (Å²) in [6, 6.07) is 11.1. The highest BCUT2D eigenvalue weighted by molar-refractivity contribution is 5.94. The summed E-state index contributed by atoms with van der Waals surface area (Å²) in [5.74, 6) is 0.657. The minimum atomic E-state index is -0.291. The van der Waals surface area contributed by atoms with E-state index in [-0.39, 0.29) is 16.9 Å². The van der Waals surface area contributed by atoms with Gasteiger partial charge in [0.15, 0.2) is 5.69 Å². The maximum atomic E-state index is 13.0. The Balaban J connectivity index is 1.48. The first-order chi connectivity index (χ1) is 13.2. The minimum Gasteiger partial charge on any atom is -0.472 e. The van der Waals surface area contributed by atoms with Crippen molar-refractivity contribution in [3.63, 3.8) is 0 Å². The fourth-order valence-corrected chi connectivity index (χ4v) is 4.23. The Hall–Kier alpha value is -3.22. The van der Waals surface area contributed by atoms with Gasteiger partial charge in [0.25, 0.3) is 11.5 Å². The van der Waals surface area contributed by atoms with Gasteiger partial charge in [-0.2, -0.15) is 0 Å². The Morgan fingerprint density at radius 3 is 2.67 bits per heavy atom. The second-order valence-corrected chi connectivity index (χ2v) is 7.21. The first-order valence-electron chi connectivity index (χ1n) is 9.03. The van der Waals surface area contributed by atoms with Gasteiger partial charge in [0.05, 0.1) is 17.2 Å². The molecule has 1 aromatic carbocycles. The fourth-order valence-electron chi connectivity index (χ4n) is 4.23. The quantitative estimate of drug-likeness (QED) is 0.697. The average molecular weight is 362 g/mol. The maximum absolute atomic E-state index is 13.0. The molecule has 1 spiro atoms. The number of likely N-dealkylation sites (tertiary alicyclic amines) is 1. The van der Waals surface area contributed by atoms with Crippen LogP contribution in [0.3, 0.4) is 0 Å². The van der Waals surface area contributed by atoms with Crippen LogP contribution in [0.15, 0.2) is 58.1 Å². The molecule has 27 heavy (non-hydrogen) atoms. The van der Waals surface area contributed by atoms with E-state index in [0.29, 0.717) is 36.7 Å². The fraction of sp³-hybridized carbons (Fsp3) is 0.300. The van der Waals surface area contributed by atoms with Crippen LogP contribution < -0.4 is 5.56 Å². The molecule has 2 aliphatic heterocycles. The van der Waals surface area contributed by atoms with E-state index in [2.05, 4.69) is 10.2 Å². The number of nitrogens with zero attached hydrogens (tertiary/aromatic N) is 4. The lowest BCUT2D eigenvalue weighted by atomic mass is 9.85. The van der Waals surface area contributed by atoms with Crippen LogP contribution in [0.4, 0.5) is 0 Å². The molecule has 0 aliphatic carbocycles. The van der Waals surface area contributed by atoms with Crippen LogP contribution >= 0.6 is 0 Å². The van der Waals surface area contributed by atoms with Crippen molar-refractivity contribution in [3.05, 3.63) is 70.7 Å². The lowest BCUT2D eigenvalue weighted by molar-refractivity contribution is 0.0782. The Morgan fingerprint density at radius 1 is 1.07 bits per heavy atom. The Labute approximate surface area is 155 Å². The number of amides is 1. The number of fused-ring (bicyclic) bond motifs is 2. The summed E-state index contributed by atoms with van der Waals surface area (Å²) in [6.07, 6.45) is 4.55. The van der Waals surface area contributed by atoms with Crippen molar-refractivity contribution in [1.82, 2.24) is 19.7 Å². The van der Waals surface area contributed by atoms with Gasteiger partial charge in [0.1, 0.15) is 12.1 Å². The SMILES string of the molecule is O=C(c1ccoc1)N1CC[C@@]2(CCn3c2nnc(-c2ccccc2)c3=O)C1. The molecular formula is C20H18N4O3. The second-order valence-electron chi connectivity index (χ2n) is 7.21. The predicted octanol–water partition coefficient (Wildman–Crippen LogP) is 2.09. The van der Waals surface area contributed by atoms with Crippen molar-refractivity contribution in [3.8, 4) is 11.3 Å². The van der Waals surface area contributed by atoms with Gasteiger partial charge in [-0.25, -0.2) is 0 Å². The second kappa shape index (κ2) is 5.90. The maximum Gasteiger partial charge on any atom is 0.280 e. The first kappa shape index (κ1) is 16.0. The topological polar surface area (TPSA) is 81.2 Å². The monoisotopic (exact) mass is 362 g/mol. The molecule has 0 unspecified atom stereocenters. The van der Waals surface area contributed by atoms with E-state index in [4.69, 9.17) is 4.42 Å². The Bertz CT molecular complexity index is 1060. The smallest absolute Gasteiger partial charge is 0.280 e. The summed E-state index contributed by atoms with van der Waals surface area (Å²) in [6.45, 7) is 1.80. The van der Waals surface area contributed by atoms with Gasteiger partial charge >= 0.3 is 0 Å². The molecule has 0 N–H and O–H groups in total. The zero-order valence-electron chi connectivity index (χ0n) is 14.7. The van der Waals surface area contributed by atoms with Gasteiger partial charge in [-0.1, -0.05) is 30.3 Å². The molecule has 7 heteroatoms. The number of carbonyl (C=O) groups excluding carboxylic acids is 1. The normalized spacial score (nSPS) is 21.0. The lowest BCUT2D eigenvalue weighted by Crippen LogP contribution is -2.35. The lowest BCUT2D eigenvalue weighted by Gasteiger charge is -2.22. The van der Waals surface area contributed by atoms with E-state index in [1.807, 2.05) is 35.2 Å². The molecule has 5 rings (SSSR count). The minimum absolute atomic E-state index is 0.0460. The van der Waals surface area contributed by atoms with Gasteiger partial charge < -0.3 is 9.32 Å². The summed E-state index contributed by atoms with van der Waals surface area (Å²) in [5, 5.41) is 8.70. The van der Waals surface area contributed by atoms with Crippen molar-refractivity contribution in [2.24, 2.45) is 0 Å². The number of rotatable bonds is 2. The Kier molecular flexibility index (Phi) is 3.50. The molecule has 4 heterocycles. The zero-order chi connectivity index (χ0) is 18.4. The molecular weight excluding hydrogens is 344 g/mol. The van der Waals surface area contributed by atoms with E-state index in [1.54, 1.807) is 10.6 Å². The largest absolute Gasteiger partial charge is 0.472 e. The average Bonchev–Trinajstić information content (AvgIpc) is 3.44. The van der Waals surface area contributed by atoms with Crippen LogP contribution in [0, 0.1) is 0 Å². The molecule has 2 aliphatic rings. The van der Waals surface area contributed by atoms with Crippen LogP contribution in [0.5, 0.6) is 0 Å². The highest BCUT2D eigenvalue weighted by atomic mass is 16.3. The van der Waals surface area contributed by atoms with Crippen LogP contribution in [-0.2, 0) is 12.0 Å². The van der Waals surface area contributed by atoms with Crippen LogP contribution in [-0.4, -0.2) is 38.7 Å². The van der Waals surface area contributed by atoms with E-state index in [1.165, 1.54) is 12.5 Å². The highest BCUT2D eigenvalue weighted by Crippen LogP contribution is 2.41. The van der Waals surface area contributed by atoms with Crippen molar-refractivity contribution < 1.29 is 9.21 Å². The number of furan rings is 1. The van der Waals surface area contributed by atoms with Gasteiger partial charge in [-0.3, -0.25) is 14.2 Å². The molecule has 2 aromatic heterocycles. The van der Waals surface area contributed by atoms with Gasteiger partial charge in [0, 0.05) is 25.2 Å². The summed E-state index contributed by atoms with van der Waals surface area (Å²) in [7, 11) is 0. The van der Waals surface area contributed by atoms with Crippen molar-refractivity contribution >= 4 is 5.91 Å². The number of aromatic nitrogens is 3. The summed E-state index contributed by atoms with van der Waals surface area (Å²) < 4.78 is 6.76. The third-order valence-corrected chi connectivity index (χ3v) is 5.69. The first-order valence-corrected chi connectivity index (χ1v) is 9.03. The predicted molar refractivity (Wildman–Crippen MR) is 97.3 cm³/mol. The van der Waals surface area contributed by atoms with Crippen LogP contribution in [0.25, 0.3) is 11.3 Å². The van der Waals surface area contributed by atoms with Crippen LogP contribution in [0.2, 0.25) is 0 Å².